The lowest BCUT2D eigenvalue weighted by molar-refractivity contribution is 0.0695. The quantitative estimate of drug-likeness (QED) is 0.323. The Balaban J connectivity index is 1.76. The Morgan fingerprint density at radius 2 is 1.72 bits per heavy atom. The summed E-state index contributed by atoms with van der Waals surface area (Å²) in [6, 6.07) is 11.3. The SMILES string of the molecule is CCN(c1ccc(-c2c(C)oc(C)c2C(=O)O)cc1NC(=O)Nc1ccccc1F)C1CCCCC1. The highest BCUT2D eigenvalue weighted by molar-refractivity contribution is 6.03. The van der Waals surface area contributed by atoms with Gasteiger partial charge in [-0.2, -0.15) is 0 Å². The van der Waals surface area contributed by atoms with E-state index in [1.54, 1.807) is 32.0 Å². The van der Waals surface area contributed by atoms with Crippen molar-refractivity contribution in [2.75, 3.05) is 22.1 Å². The zero-order valence-electron chi connectivity index (χ0n) is 20.9. The Morgan fingerprint density at radius 3 is 2.39 bits per heavy atom. The van der Waals surface area contributed by atoms with Gasteiger partial charge in [0, 0.05) is 18.2 Å². The van der Waals surface area contributed by atoms with Crippen molar-refractivity contribution < 1.29 is 23.5 Å². The predicted octanol–water partition coefficient (Wildman–Crippen LogP) is 7.20. The van der Waals surface area contributed by atoms with Crippen LogP contribution in [-0.4, -0.2) is 29.7 Å². The molecule has 1 fully saturated rings. The number of carbonyl (C=O) groups excluding carboxylic acids is 1. The van der Waals surface area contributed by atoms with Gasteiger partial charge in [-0.3, -0.25) is 0 Å². The van der Waals surface area contributed by atoms with E-state index in [4.69, 9.17) is 4.42 Å². The van der Waals surface area contributed by atoms with Crippen molar-refractivity contribution in [3.8, 4) is 11.1 Å². The van der Waals surface area contributed by atoms with Gasteiger partial charge in [0.25, 0.3) is 0 Å². The third-order valence-electron chi connectivity index (χ3n) is 6.80. The van der Waals surface area contributed by atoms with E-state index < -0.39 is 17.8 Å². The second kappa shape index (κ2) is 10.8. The number of amides is 2. The number of benzene rings is 2. The fraction of sp³-hybridized carbons (Fsp3) is 0.357. The lowest BCUT2D eigenvalue weighted by Crippen LogP contribution is -2.37. The number of aryl methyl sites for hydroxylation is 2. The summed E-state index contributed by atoms with van der Waals surface area (Å²) in [6.07, 6.45) is 5.68. The number of carboxylic acid groups (broad SMARTS) is 1. The summed E-state index contributed by atoms with van der Waals surface area (Å²) in [6.45, 7) is 6.17. The number of urea groups is 1. The zero-order chi connectivity index (χ0) is 25.8. The molecule has 4 rings (SSSR count). The maximum atomic E-state index is 14.1. The molecule has 1 heterocycles. The Labute approximate surface area is 210 Å². The second-order valence-corrected chi connectivity index (χ2v) is 9.14. The molecule has 36 heavy (non-hydrogen) atoms. The van der Waals surface area contributed by atoms with Crippen LogP contribution in [0.2, 0.25) is 0 Å². The fourth-order valence-electron chi connectivity index (χ4n) is 5.19. The lowest BCUT2D eigenvalue weighted by atomic mass is 9.93. The number of para-hydroxylation sites is 1. The monoisotopic (exact) mass is 493 g/mol. The van der Waals surface area contributed by atoms with Crippen LogP contribution in [0.4, 0.5) is 26.2 Å². The van der Waals surface area contributed by atoms with E-state index in [0.717, 1.165) is 37.9 Å². The van der Waals surface area contributed by atoms with Crippen molar-refractivity contribution in [3.05, 3.63) is 65.4 Å². The van der Waals surface area contributed by atoms with Gasteiger partial charge >= 0.3 is 12.0 Å². The molecular weight excluding hydrogens is 461 g/mol. The number of nitrogens with one attached hydrogen (secondary N) is 2. The summed E-state index contributed by atoms with van der Waals surface area (Å²) in [7, 11) is 0. The van der Waals surface area contributed by atoms with E-state index in [9.17, 15) is 19.1 Å². The molecule has 0 spiro atoms. The summed E-state index contributed by atoms with van der Waals surface area (Å²) in [5.74, 6) is -0.801. The molecule has 0 aliphatic heterocycles. The summed E-state index contributed by atoms with van der Waals surface area (Å²) in [5, 5.41) is 15.3. The Hall–Kier alpha value is -3.81. The molecule has 7 nitrogen and oxygen atoms in total. The molecule has 1 aliphatic rings. The Bertz CT molecular complexity index is 1260. The molecule has 190 valence electrons. The summed E-state index contributed by atoms with van der Waals surface area (Å²) in [4.78, 5) is 27.2. The molecule has 1 aliphatic carbocycles. The molecule has 0 bridgehead atoms. The predicted molar refractivity (Wildman–Crippen MR) is 140 cm³/mol. The van der Waals surface area contributed by atoms with Crippen molar-refractivity contribution >= 4 is 29.1 Å². The number of halogens is 1. The number of hydrogen-bond acceptors (Lipinski definition) is 4. The van der Waals surface area contributed by atoms with Crippen LogP contribution in [0.25, 0.3) is 11.1 Å². The minimum absolute atomic E-state index is 0.0711. The van der Waals surface area contributed by atoms with Crippen LogP contribution in [0.5, 0.6) is 0 Å². The van der Waals surface area contributed by atoms with Crippen LogP contribution in [0.1, 0.15) is 60.9 Å². The van der Waals surface area contributed by atoms with E-state index >= 15 is 0 Å². The number of nitrogens with zero attached hydrogens (tertiary/aromatic N) is 1. The van der Waals surface area contributed by atoms with E-state index in [0.29, 0.717) is 34.4 Å². The molecule has 3 aromatic rings. The van der Waals surface area contributed by atoms with Gasteiger partial charge in [0.1, 0.15) is 22.9 Å². The third kappa shape index (κ3) is 5.22. The maximum Gasteiger partial charge on any atom is 0.339 e. The minimum atomic E-state index is -1.08. The number of anilines is 3. The first kappa shape index (κ1) is 25.3. The topological polar surface area (TPSA) is 94.8 Å². The number of carboxylic acids is 1. The summed E-state index contributed by atoms with van der Waals surface area (Å²) in [5.41, 5.74) is 2.62. The van der Waals surface area contributed by atoms with Crippen molar-refractivity contribution in [2.45, 2.75) is 58.9 Å². The van der Waals surface area contributed by atoms with Gasteiger partial charge in [0.15, 0.2) is 0 Å². The van der Waals surface area contributed by atoms with Crippen LogP contribution in [0.15, 0.2) is 46.9 Å². The number of aromatic carboxylic acids is 1. The highest BCUT2D eigenvalue weighted by Crippen LogP contribution is 2.39. The largest absolute Gasteiger partial charge is 0.478 e. The van der Waals surface area contributed by atoms with Crippen LogP contribution >= 0.6 is 0 Å². The van der Waals surface area contributed by atoms with Crippen LogP contribution in [-0.2, 0) is 0 Å². The Kier molecular flexibility index (Phi) is 7.62. The molecule has 8 heteroatoms. The van der Waals surface area contributed by atoms with Crippen molar-refractivity contribution in [3.63, 3.8) is 0 Å². The van der Waals surface area contributed by atoms with Gasteiger partial charge < -0.3 is 25.1 Å². The zero-order valence-corrected chi connectivity index (χ0v) is 20.9. The number of hydrogen-bond donors (Lipinski definition) is 3. The first-order valence-electron chi connectivity index (χ1n) is 12.4. The van der Waals surface area contributed by atoms with Crippen molar-refractivity contribution in [2.24, 2.45) is 0 Å². The molecular formula is C28H32FN3O4. The van der Waals surface area contributed by atoms with Crippen LogP contribution in [0.3, 0.4) is 0 Å². The van der Waals surface area contributed by atoms with Crippen molar-refractivity contribution in [1.29, 1.82) is 0 Å². The highest BCUT2D eigenvalue weighted by atomic mass is 19.1. The normalized spacial score (nSPS) is 13.9. The average Bonchev–Trinajstić information content (AvgIpc) is 3.16. The minimum Gasteiger partial charge on any atom is -0.478 e. The summed E-state index contributed by atoms with van der Waals surface area (Å²) >= 11 is 0. The molecule has 2 amide bonds. The van der Waals surface area contributed by atoms with Gasteiger partial charge in [-0.05, 0) is 63.4 Å². The van der Waals surface area contributed by atoms with E-state index in [1.165, 1.54) is 18.6 Å². The first-order valence-corrected chi connectivity index (χ1v) is 12.4. The molecule has 0 atom stereocenters. The van der Waals surface area contributed by atoms with E-state index in [2.05, 4.69) is 22.5 Å². The van der Waals surface area contributed by atoms with E-state index in [-0.39, 0.29) is 11.3 Å². The number of furan rings is 1. The smallest absolute Gasteiger partial charge is 0.339 e. The first-order chi connectivity index (χ1) is 17.3. The van der Waals surface area contributed by atoms with E-state index in [1.807, 2.05) is 12.1 Å². The molecule has 3 N–H and O–H groups in total. The second-order valence-electron chi connectivity index (χ2n) is 9.14. The average molecular weight is 494 g/mol. The molecule has 1 aromatic heterocycles. The standard InChI is InChI=1S/C28H32FN3O4/c1-4-32(20-10-6-5-7-11-20)24-15-14-19(25-17(2)36-18(3)26(25)27(33)34)16-23(24)31-28(35)30-22-13-9-8-12-21(22)29/h8-9,12-16,20H,4-7,10-11H2,1-3H3,(H,33,34)(H2,30,31,35). The van der Waals surface area contributed by atoms with Gasteiger partial charge in [0.2, 0.25) is 0 Å². The summed E-state index contributed by atoms with van der Waals surface area (Å²) < 4.78 is 19.8. The van der Waals surface area contributed by atoms with Crippen molar-refractivity contribution in [1.82, 2.24) is 0 Å². The molecule has 0 saturated heterocycles. The third-order valence-corrected chi connectivity index (χ3v) is 6.80. The molecule has 0 radical (unpaired) electrons. The van der Waals surface area contributed by atoms with Crippen LogP contribution < -0.4 is 15.5 Å². The maximum absolute atomic E-state index is 14.1. The van der Waals surface area contributed by atoms with Gasteiger partial charge in [0.05, 0.1) is 17.1 Å². The number of carbonyl (C=O) groups is 2. The fourth-order valence-corrected chi connectivity index (χ4v) is 5.19. The van der Waals surface area contributed by atoms with Crippen LogP contribution in [0, 0.1) is 19.7 Å². The molecule has 0 unspecified atom stereocenters. The number of rotatable bonds is 7. The van der Waals surface area contributed by atoms with Gasteiger partial charge in [-0.25, -0.2) is 14.0 Å². The molecule has 1 saturated carbocycles. The highest BCUT2D eigenvalue weighted by Gasteiger charge is 2.26. The van der Waals surface area contributed by atoms with Gasteiger partial charge in [-0.15, -0.1) is 0 Å². The lowest BCUT2D eigenvalue weighted by Gasteiger charge is -2.36. The van der Waals surface area contributed by atoms with Gasteiger partial charge in [-0.1, -0.05) is 37.5 Å². The molecule has 2 aromatic carbocycles. The Morgan fingerprint density at radius 1 is 1.03 bits per heavy atom.